The lowest BCUT2D eigenvalue weighted by molar-refractivity contribution is -0.140. The zero-order valence-corrected chi connectivity index (χ0v) is 19.3. The summed E-state index contributed by atoms with van der Waals surface area (Å²) in [6.45, 7) is 9.25. The van der Waals surface area contributed by atoms with Gasteiger partial charge in [-0.05, 0) is 31.7 Å². The highest BCUT2D eigenvalue weighted by Crippen LogP contribution is 2.30. The normalized spacial score (nSPS) is 19.6. The lowest BCUT2D eigenvalue weighted by atomic mass is 10.0. The molecule has 30 heavy (non-hydrogen) atoms. The summed E-state index contributed by atoms with van der Waals surface area (Å²) < 4.78 is 8.20. The van der Waals surface area contributed by atoms with Crippen LogP contribution in [-0.2, 0) is 30.0 Å². The van der Waals surface area contributed by atoms with E-state index in [-0.39, 0.29) is 29.4 Å². The van der Waals surface area contributed by atoms with Crippen LogP contribution in [0.1, 0.15) is 33.3 Å². The summed E-state index contributed by atoms with van der Waals surface area (Å²) in [6.07, 6.45) is 2.47. The van der Waals surface area contributed by atoms with Crippen molar-refractivity contribution >= 4 is 28.7 Å². The molecule has 0 spiro atoms. The van der Waals surface area contributed by atoms with Crippen molar-refractivity contribution in [2.75, 3.05) is 18.8 Å². The molecule has 164 valence electrons. The highest BCUT2D eigenvalue weighted by Gasteiger charge is 2.26. The molecule has 0 saturated carbocycles. The zero-order chi connectivity index (χ0) is 22.2. The first kappa shape index (κ1) is 22.6. The molecule has 1 fully saturated rings. The monoisotopic (exact) mass is 434 g/mol. The van der Waals surface area contributed by atoms with Crippen LogP contribution in [0.15, 0.2) is 20.7 Å². The Bertz CT molecular complexity index is 1070. The molecule has 2 aromatic rings. The quantitative estimate of drug-likeness (QED) is 0.664. The largest absolute Gasteiger partial charge is 0.372 e. The topological polar surface area (TPSA) is 86.4 Å². The molecule has 1 amide bonds. The van der Waals surface area contributed by atoms with Crippen molar-refractivity contribution in [3.8, 4) is 0 Å². The van der Waals surface area contributed by atoms with Crippen LogP contribution in [0, 0.1) is 5.92 Å². The van der Waals surface area contributed by atoms with E-state index in [9.17, 15) is 14.4 Å². The van der Waals surface area contributed by atoms with E-state index in [2.05, 4.69) is 18.8 Å². The van der Waals surface area contributed by atoms with Crippen molar-refractivity contribution < 1.29 is 9.53 Å². The maximum atomic E-state index is 13.0. The molecule has 8 nitrogen and oxygen atoms in total. The van der Waals surface area contributed by atoms with Gasteiger partial charge in [0.2, 0.25) is 5.91 Å². The Morgan fingerprint density at radius 1 is 1.20 bits per heavy atom. The van der Waals surface area contributed by atoms with Gasteiger partial charge in [-0.2, -0.15) is 0 Å². The first-order valence-electron chi connectivity index (χ1n) is 10.2. The first-order chi connectivity index (χ1) is 14.1. The summed E-state index contributed by atoms with van der Waals surface area (Å²) >= 11 is 1.36. The van der Waals surface area contributed by atoms with Crippen LogP contribution in [0.3, 0.4) is 0 Å². The molecule has 0 radical (unpaired) electrons. The van der Waals surface area contributed by atoms with Crippen LogP contribution in [0.2, 0.25) is 0 Å². The molecule has 9 heteroatoms. The van der Waals surface area contributed by atoms with E-state index in [1.807, 2.05) is 18.7 Å². The number of ether oxygens (including phenoxy) is 1. The molecule has 1 aliphatic rings. The third-order valence-electron chi connectivity index (χ3n) is 5.24. The number of carbonyl (C=O) groups excluding carboxylic acids is 1. The van der Waals surface area contributed by atoms with Gasteiger partial charge >= 0.3 is 5.69 Å². The van der Waals surface area contributed by atoms with Gasteiger partial charge in [-0.3, -0.25) is 18.7 Å². The van der Waals surface area contributed by atoms with E-state index in [0.29, 0.717) is 30.0 Å². The number of nitrogens with zero attached hydrogens (tertiary/aromatic N) is 4. The van der Waals surface area contributed by atoms with Crippen molar-refractivity contribution in [3.05, 3.63) is 32.6 Å². The van der Waals surface area contributed by atoms with Gasteiger partial charge < -0.3 is 9.64 Å². The predicted molar refractivity (Wildman–Crippen MR) is 118 cm³/mol. The van der Waals surface area contributed by atoms with Gasteiger partial charge in [-0.25, -0.2) is 9.78 Å². The fourth-order valence-corrected chi connectivity index (χ4v) is 4.99. The van der Waals surface area contributed by atoms with Crippen molar-refractivity contribution in [2.24, 2.45) is 20.0 Å². The molecule has 2 aromatic heterocycles. The fraction of sp³-hybridized carbons (Fsp3) is 0.619. The van der Waals surface area contributed by atoms with Crippen LogP contribution >= 0.6 is 11.8 Å². The summed E-state index contributed by atoms with van der Waals surface area (Å²) in [5, 5.41) is 0.402. The molecule has 3 rings (SSSR count). The summed E-state index contributed by atoms with van der Waals surface area (Å²) in [6, 6.07) is 0. The highest BCUT2D eigenvalue weighted by molar-refractivity contribution is 8.00. The fourth-order valence-electron chi connectivity index (χ4n) is 3.90. The second kappa shape index (κ2) is 8.93. The number of rotatable bonds is 5. The van der Waals surface area contributed by atoms with Gasteiger partial charge in [0.05, 0.1) is 23.3 Å². The number of amides is 1. The first-order valence-corrected chi connectivity index (χ1v) is 11.2. The third-order valence-corrected chi connectivity index (χ3v) is 6.38. The summed E-state index contributed by atoms with van der Waals surface area (Å²) in [7, 11) is 3.07. The van der Waals surface area contributed by atoms with Gasteiger partial charge in [-0.1, -0.05) is 13.8 Å². The Hall–Kier alpha value is -2.13. The predicted octanol–water partition coefficient (Wildman–Crippen LogP) is 1.56. The summed E-state index contributed by atoms with van der Waals surface area (Å²) in [5.41, 5.74) is 0.476. The minimum absolute atomic E-state index is 0.00257. The molecule has 0 N–H and O–H groups in total. The van der Waals surface area contributed by atoms with Gasteiger partial charge in [0.15, 0.2) is 0 Å². The van der Waals surface area contributed by atoms with Crippen LogP contribution in [0.5, 0.6) is 0 Å². The molecule has 0 aromatic carbocycles. The number of thioether (sulfide) groups is 1. The number of fused-ring (bicyclic) bond motifs is 1. The van der Waals surface area contributed by atoms with E-state index < -0.39 is 5.69 Å². The molecular formula is C21H30N4O4S. The van der Waals surface area contributed by atoms with E-state index in [1.54, 1.807) is 13.2 Å². The Balaban J connectivity index is 2.01. The van der Waals surface area contributed by atoms with E-state index in [4.69, 9.17) is 4.74 Å². The number of carbonyl (C=O) groups is 1. The van der Waals surface area contributed by atoms with Crippen molar-refractivity contribution in [3.63, 3.8) is 0 Å². The summed E-state index contributed by atoms with van der Waals surface area (Å²) in [5.74, 6) is 0.594. The van der Waals surface area contributed by atoms with Crippen molar-refractivity contribution in [1.82, 2.24) is 19.0 Å². The van der Waals surface area contributed by atoms with Gasteiger partial charge in [0, 0.05) is 38.3 Å². The van der Waals surface area contributed by atoms with Crippen molar-refractivity contribution in [2.45, 2.75) is 51.2 Å². The second-order valence-corrected chi connectivity index (χ2v) is 9.45. The maximum absolute atomic E-state index is 13.0. The maximum Gasteiger partial charge on any atom is 0.332 e. The average molecular weight is 435 g/mol. The average Bonchev–Trinajstić information content (AvgIpc) is 2.67. The number of pyridine rings is 1. The molecule has 3 heterocycles. The Kier molecular flexibility index (Phi) is 6.71. The van der Waals surface area contributed by atoms with E-state index >= 15 is 0 Å². The van der Waals surface area contributed by atoms with Gasteiger partial charge in [0.1, 0.15) is 5.65 Å². The van der Waals surface area contributed by atoms with E-state index in [1.165, 1.54) is 23.4 Å². The number of aromatic nitrogens is 3. The lowest BCUT2D eigenvalue weighted by Gasteiger charge is -2.35. The third kappa shape index (κ3) is 4.46. The summed E-state index contributed by atoms with van der Waals surface area (Å²) in [4.78, 5) is 45.2. The standard InChI is InChI=1S/C21H30N4O4S/c1-12(2)7-15-8-22-19-17(20(27)24(6)21(28)23(19)5)18(15)30-11-16(26)25-9-13(3)29-14(4)10-25/h8,12-14H,7,9-11H2,1-6H3/t13-,14-/m1/s1. The highest BCUT2D eigenvalue weighted by atomic mass is 32.2. The molecule has 0 unspecified atom stereocenters. The van der Waals surface area contributed by atoms with Gasteiger partial charge in [-0.15, -0.1) is 11.8 Å². The molecule has 0 bridgehead atoms. The van der Waals surface area contributed by atoms with Crippen LogP contribution in [0.4, 0.5) is 0 Å². The van der Waals surface area contributed by atoms with Crippen LogP contribution in [-0.4, -0.2) is 56.0 Å². The minimum atomic E-state index is -0.417. The lowest BCUT2D eigenvalue weighted by Crippen LogP contribution is -2.48. The molecule has 2 atom stereocenters. The number of hydrogen-bond acceptors (Lipinski definition) is 6. The minimum Gasteiger partial charge on any atom is -0.372 e. The van der Waals surface area contributed by atoms with Crippen LogP contribution in [0.25, 0.3) is 11.0 Å². The van der Waals surface area contributed by atoms with Crippen molar-refractivity contribution in [1.29, 1.82) is 0 Å². The zero-order valence-electron chi connectivity index (χ0n) is 18.5. The Morgan fingerprint density at radius 2 is 1.83 bits per heavy atom. The molecule has 1 saturated heterocycles. The Labute approximate surface area is 180 Å². The number of aryl methyl sites for hydroxylation is 1. The second-order valence-electron chi connectivity index (χ2n) is 8.46. The SMILES string of the molecule is CC(C)Cc1cnc2c(c1SCC(=O)N1C[C@@H](C)O[C@H](C)C1)c(=O)n(C)c(=O)n2C. The number of hydrogen-bond donors (Lipinski definition) is 0. The Morgan fingerprint density at radius 3 is 2.43 bits per heavy atom. The van der Waals surface area contributed by atoms with Crippen LogP contribution < -0.4 is 11.2 Å². The van der Waals surface area contributed by atoms with Gasteiger partial charge in [0.25, 0.3) is 5.56 Å². The molecule has 1 aliphatic heterocycles. The van der Waals surface area contributed by atoms with E-state index in [0.717, 1.165) is 21.4 Å². The smallest absolute Gasteiger partial charge is 0.332 e. The number of morpholine rings is 1. The molecular weight excluding hydrogens is 404 g/mol. The molecule has 0 aliphatic carbocycles.